The molecule has 5 N–H and O–H groups in total. The quantitative estimate of drug-likeness (QED) is 0.438. The Kier molecular flexibility index (Phi) is 5.49. The average molecular weight is 438 g/mol. The van der Waals surface area contributed by atoms with Gasteiger partial charge in [-0.3, -0.25) is 19.5 Å². The van der Waals surface area contributed by atoms with E-state index in [0.717, 1.165) is 58.0 Å². The Balaban J connectivity index is 1.26. The van der Waals surface area contributed by atoms with Gasteiger partial charge in [-0.25, -0.2) is 9.89 Å². The second-order valence-electron chi connectivity index (χ2n) is 7.74. The molecule has 4 heterocycles. The molecule has 2 aromatic rings. The van der Waals surface area contributed by atoms with E-state index in [4.69, 9.17) is 0 Å². The normalized spacial score (nSPS) is 22.2. The zero-order chi connectivity index (χ0) is 21.2. The molecule has 1 amide bonds. The number of anilines is 2. The van der Waals surface area contributed by atoms with E-state index < -0.39 is 0 Å². The molecular formula is C21H25N8OS+. The summed E-state index contributed by atoms with van der Waals surface area (Å²) in [5.41, 5.74) is 1.82. The van der Waals surface area contributed by atoms with E-state index in [0.29, 0.717) is 6.54 Å². The van der Waals surface area contributed by atoms with Crippen molar-refractivity contribution in [1.82, 2.24) is 19.8 Å². The van der Waals surface area contributed by atoms with Crippen LogP contribution >= 0.6 is 11.9 Å². The third kappa shape index (κ3) is 4.50. The van der Waals surface area contributed by atoms with E-state index in [2.05, 4.69) is 41.6 Å². The highest BCUT2D eigenvalue weighted by Crippen LogP contribution is 2.26. The Morgan fingerprint density at radius 1 is 1.32 bits per heavy atom. The second kappa shape index (κ2) is 8.58. The van der Waals surface area contributed by atoms with Gasteiger partial charge in [0.25, 0.3) is 0 Å². The molecule has 10 heteroatoms. The maximum Gasteiger partial charge on any atom is 0.241 e. The zero-order valence-electron chi connectivity index (χ0n) is 17.2. The van der Waals surface area contributed by atoms with Gasteiger partial charge in [-0.2, -0.15) is 5.10 Å². The molecule has 5 rings (SSSR count). The molecule has 3 aliphatic heterocycles. The van der Waals surface area contributed by atoms with Gasteiger partial charge in [0.05, 0.1) is 18.4 Å². The smallest absolute Gasteiger partial charge is 0.241 e. The number of aromatic nitrogens is 2. The predicted octanol–water partition coefficient (Wildman–Crippen LogP) is 1.41. The maximum atomic E-state index is 12.3. The predicted molar refractivity (Wildman–Crippen MR) is 121 cm³/mol. The van der Waals surface area contributed by atoms with Crippen LogP contribution in [0.3, 0.4) is 0 Å². The number of rotatable bonds is 6. The van der Waals surface area contributed by atoms with Gasteiger partial charge in [0.1, 0.15) is 12.7 Å². The van der Waals surface area contributed by atoms with E-state index in [9.17, 15) is 4.79 Å². The number of carbonyl (C=O) groups is 1. The Morgan fingerprint density at radius 3 is 2.94 bits per heavy atom. The molecule has 1 aromatic heterocycles. The summed E-state index contributed by atoms with van der Waals surface area (Å²) in [4.78, 5) is 19.0. The highest BCUT2D eigenvalue weighted by atomic mass is 32.2. The van der Waals surface area contributed by atoms with Gasteiger partial charge in [0.2, 0.25) is 17.6 Å². The molecule has 9 nitrogen and oxygen atoms in total. The summed E-state index contributed by atoms with van der Waals surface area (Å²) in [6.07, 6.45) is 7.88. The van der Waals surface area contributed by atoms with Crippen LogP contribution in [0.15, 0.2) is 64.6 Å². The van der Waals surface area contributed by atoms with E-state index in [1.165, 1.54) is 0 Å². The molecule has 2 unspecified atom stereocenters. The number of amides is 1. The van der Waals surface area contributed by atoms with Crippen molar-refractivity contribution >= 4 is 35.2 Å². The number of nitrogens with one attached hydrogen (secondary N) is 5. The van der Waals surface area contributed by atoms with E-state index in [1.807, 2.05) is 49.7 Å². The highest BCUT2D eigenvalue weighted by Gasteiger charge is 2.32. The Morgan fingerprint density at radius 2 is 2.19 bits per heavy atom. The summed E-state index contributed by atoms with van der Waals surface area (Å²) in [5, 5.41) is 16.8. The summed E-state index contributed by atoms with van der Waals surface area (Å²) in [7, 11) is 0. The number of nitrogens with zero attached hydrogens (tertiary/aromatic N) is 3. The first-order valence-electron chi connectivity index (χ1n) is 10.3. The van der Waals surface area contributed by atoms with Crippen molar-refractivity contribution in [2.24, 2.45) is 4.99 Å². The van der Waals surface area contributed by atoms with Crippen molar-refractivity contribution in [3.05, 3.63) is 60.4 Å². The minimum atomic E-state index is -0.0806. The lowest BCUT2D eigenvalue weighted by Gasteiger charge is -2.27. The minimum absolute atomic E-state index is 0.0380. The van der Waals surface area contributed by atoms with E-state index in [-0.39, 0.29) is 11.9 Å². The number of fused-ring (bicyclic) bond motifs is 1. The van der Waals surface area contributed by atoms with Crippen LogP contribution in [0, 0.1) is 6.92 Å². The summed E-state index contributed by atoms with van der Waals surface area (Å²) >= 11 is 1.63. The molecule has 0 saturated carbocycles. The van der Waals surface area contributed by atoms with Crippen molar-refractivity contribution in [3.8, 4) is 0 Å². The number of H-pyrrole nitrogens is 1. The van der Waals surface area contributed by atoms with E-state index in [1.54, 1.807) is 11.9 Å². The van der Waals surface area contributed by atoms with Crippen LogP contribution < -0.4 is 20.9 Å². The molecule has 31 heavy (non-hydrogen) atoms. The molecule has 0 bridgehead atoms. The average Bonchev–Trinajstić information content (AvgIpc) is 3.51. The van der Waals surface area contributed by atoms with Gasteiger partial charge >= 0.3 is 0 Å². The first kappa shape index (κ1) is 19.9. The number of aromatic amines is 1. The molecule has 0 radical (unpaired) electrons. The molecule has 1 saturated heterocycles. The van der Waals surface area contributed by atoms with Gasteiger partial charge in [-0.1, -0.05) is 0 Å². The fraction of sp³-hybridized carbons (Fsp3) is 0.286. The summed E-state index contributed by atoms with van der Waals surface area (Å²) in [6, 6.07) is 9.82. The fourth-order valence-corrected chi connectivity index (χ4v) is 4.67. The number of quaternary nitrogens is 1. The number of hydrogen-bond acceptors (Lipinski definition) is 7. The highest BCUT2D eigenvalue weighted by molar-refractivity contribution is 7.97. The van der Waals surface area contributed by atoms with Crippen LogP contribution in [0.1, 0.15) is 18.5 Å². The lowest BCUT2D eigenvalue weighted by atomic mass is 10.2. The molecule has 1 aromatic carbocycles. The largest absolute Gasteiger partial charge is 0.325 e. The molecule has 1 fully saturated rings. The van der Waals surface area contributed by atoms with Gasteiger partial charge in [0.15, 0.2) is 5.82 Å². The Labute approximate surface area is 184 Å². The Hall–Kier alpha value is -3.08. The zero-order valence-corrected chi connectivity index (χ0v) is 18.0. The topological polar surface area (TPSA) is 102 Å². The lowest BCUT2D eigenvalue weighted by Crippen LogP contribution is -3.10. The molecular weight excluding hydrogens is 412 g/mol. The second-order valence-corrected chi connectivity index (χ2v) is 8.86. The van der Waals surface area contributed by atoms with Crippen LogP contribution in [0.2, 0.25) is 0 Å². The van der Waals surface area contributed by atoms with Gasteiger partial charge in [0, 0.05) is 22.3 Å². The molecule has 2 atom stereocenters. The lowest BCUT2D eigenvalue weighted by molar-refractivity contribution is -0.699. The fourth-order valence-electron chi connectivity index (χ4n) is 3.80. The number of aryl methyl sites for hydroxylation is 1. The van der Waals surface area contributed by atoms with Crippen molar-refractivity contribution in [2.75, 3.05) is 23.7 Å². The first-order chi connectivity index (χ1) is 15.1. The number of aliphatic imine (C=N–C) groups is 1. The van der Waals surface area contributed by atoms with Gasteiger partial charge in [-0.05, 0) is 62.5 Å². The monoisotopic (exact) mass is 437 g/mol. The van der Waals surface area contributed by atoms with E-state index >= 15 is 0 Å². The number of carbonyl (C=O) groups excluding carboxylic acids is 1. The van der Waals surface area contributed by atoms with Crippen molar-refractivity contribution in [2.45, 2.75) is 30.7 Å². The van der Waals surface area contributed by atoms with Gasteiger partial charge in [-0.15, -0.1) is 0 Å². The SMILES string of the molecule is Cc1cc(NC2=CN(Sc3ccc(NC(=O)C4CCCN4)cc3)CC3=NC=C[NH+]23)n[nH]1. The minimum Gasteiger partial charge on any atom is -0.325 e. The van der Waals surface area contributed by atoms with Crippen LogP contribution in [-0.4, -0.2) is 45.4 Å². The summed E-state index contributed by atoms with van der Waals surface area (Å²) in [5.74, 6) is 2.80. The molecule has 0 aliphatic carbocycles. The van der Waals surface area contributed by atoms with Crippen LogP contribution in [0.4, 0.5) is 11.5 Å². The van der Waals surface area contributed by atoms with Crippen LogP contribution in [0.5, 0.6) is 0 Å². The molecule has 0 spiro atoms. The van der Waals surface area contributed by atoms with Crippen molar-refractivity contribution in [1.29, 1.82) is 0 Å². The summed E-state index contributed by atoms with van der Waals surface area (Å²) in [6.45, 7) is 3.60. The van der Waals surface area contributed by atoms with Crippen LogP contribution in [-0.2, 0) is 4.79 Å². The number of hydrogen-bond donors (Lipinski definition) is 5. The molecule has 160 valence electrons. The van der Waals surface area contributed by atoms with Gasteiger partial charge < -0.3 is 10.6 Å². The standard InChI is InChI=1S/C21H24N8OS/c1-14-11-18(27-26-14)25-20-13-28(12-19-23-9-10-29(19)20)31-16-6-4-15(5-7-16)24-21(30)17-3-2-8-22-17/h4-7,9-11,13,17,22H,2-3,8,12H2,1H3,(H,24,30)(H2,25,26,27)/p+1. The van der Waals surface area contributed by atoms with Crippen molar-refractivity contribution < 1.29 is 9.69 Å². The maximum absolute atomic E-state index is 12.3. The Bertz CT molecular complexity index is 1050. The number of benzene rings is 1. The first-order valence-corrected chi connectivity index (χ1v) is 11.1. The van der Waals surface area contributed by atoms with Crippen LogP contribution in [0.25, 0.3) is 0 Å². The van der Waals surface area contributed by atoms with Crippen molar-refractivity contribution in [3.63, 3.8) is 0 Å². The third-order valence-corrected chi connectivity index (χ3v) is 6.29. The molecule has 3 aliphatic rings. The number of amidine groups is 1. The summed E-state index contributed by atoms with van der Waals surface area (Å²) < 4.78 is 2.15. The third-order valence-electron chi connectivity index (χ3n) is 5.34.